The van der Waals surface area contributed by atoms with Crippen molar-refractivity contribution in [2.24, 2.45) is 0 Å². The lowest BCUT2D eigenvalue weighted by Gasteiger charge is -2.36. The predicted molar refractivity (Wildman–Crippen MR) is 116 cm³/mol. The first-order valence-electron chi connectivity index (χ1n) is 11.2. The minimum atomic E-state index is -4.78. The van der Waals surface area contributed by atoms with Crippen LogP contribution in [0.3, 0.4) is 0 Å². The average Bonchev–Trinajstić information content (AvgIpc) is 3.45. The normalized spacial score (nSPS) is 20.2. The van der Waals surface area contributed by atoms with Gasteiger partial charge in [0.2, 0.25) is 11.7 Å². The molecule has 4 rings (SSSR count). The number of rotatable bonds is 5. The van der Waals surface area contributed by atoms with Crippen molar-refractivity contribution in [1.29, 1.82) is 0 Å². The Morgan fingerprint density at radius 1 is 1.09 bits per heavy atom. The molecular formula is C24H28F3N3O3. The van der Waals surface area contributed by atoms with Crippen LogP contribution in [0.15, 0.2) is 40.8 Å². The fourth-order valence-electron chi connectivity index (χ4n) is 4.85. The van der Waals surface area contributed by atoms with Crippen molar-refractivity contribution in [2.45, 2.75) is 44.3 Å². The van der Waals surface area contributed by atoms with E-state index in [1.54, 1.807) is 4.90 Å². The van der Waals surface area contributed by atoms with Gasteiger partial charge in [-0.1, -0.05) is 30.3 Å². The monoisotopic (exact) mass is 463 g/mol. The molecule has 178 valence electrons. The van der Waals surface area contributed by atoms with Gasteiger partial charge in [-0.2, -0.15) is 13.2 Å². The van der Waals surface area contributed by atoms with Crippen LogP contribution in [0.1, 0.15) is 52.6 Å². The highest BCUT2D eigenvalue weighted by molar-refractivity contribution is 5.97. The van der Waals surface area contributed by atoms with Gasteiger partial charge in [-0.3, -0.25) is 14.5 Å². The second kappa shape index (κ2) is 9.59. The molecule has 0 bridgehead atoms. The summed E-state index contributed by atoms with van der Waals surface area (Å²) < 4.78 is 43.8. The first-order valence-corrected chi connectivity index (χ1v) is 11.2. The van der Waals surface area contributed by atoms with E-state index < -0.39 is 23.4 Å². The number of furan rings is 1. The summed E-state index contributed by atoms with van der Waals surface area (Å²) in [5, 5.41) is 2.32. The maximum absolute atomic E-state index is 13.1. The van der Waals surface area contributed by atoms with E-state index in [1.165, 1.54) is 12.5 Å². The van der Waals surface area contributed by atoms with E-state index in [-0.39, 0.29) is 24.3 Å². The molecule has 2 fully saturated rings. The number of hydrogen-bond donors (Lipinski definition) is 1. The third-order valence-corrected chi connectivity index (χ3v) is 6.59. The van der Waals surface area contributed by atoms with E-state index >= 15 is 0 Å². The Bertz CT molecular complexity index is 982. The van der Waals surface area contributed by atoms with E-state index in [1.807, 2.05) is 6.07 Å². The minimum absolute atomic E-state index is 0.0165. The van der Waals surface area contributed by atoms with Gasteiger partial charge in [0.25, 0.3) is 5.91 Å². The fraction of sp³-hybridized carbons (Fsp3) is 0.500. The van der Waals surface area contributed by atoms with Crippen LogP contribution in [-0.2, 0) is 11.0 Å². The molecule has 0 radical (unpaired) electrons. The number of carbonyl (C=O) groups excluding carboxylic acids is 2. The van der Waals surface area contributed by atoms with Crippen LogP contribution < -0.4 is 5.32 Å². The van der Waals surface area contributed by atoms with E-state index in [0.717, 1.165) is 38.4 Å². The minimum Gasteiger partial charge on any atom is -0.456 e. The SMILES string of the molecule is Cc1cc(C(=O)NCC(=O)N2CCC(N3CCC(c4ccccc4)CC3)C2)c(C(F)(F)F)o1. The van der Waals surface area contributed by atoms with E-state index in [4.69, 9.17) is 0 Å². The highest BCUT2D eigenvalue weighted by Crippen LogP contribution is 2.34. The molecule has 33 heavy (non-hydrogen) atoms. The van der Waals surface area contributed by atoms with Gasteiger partial charge in [0.15, 0.2) is 0 Å². The highest BCUT2D eigenvalue weighted by atomic mass is 19.4. The molecule has 2 aromatic rings. The van der Waals surface area contributed by atoms with Crippen molar-refractivity contribution in [3.63, 3.8) is 0 Å². The van der Waals surface area contributed by atoms with Gasteiger partial charge >= 0.3 is 6.18 Å². The molecular weight excluding hydrogens is 435 g/mol. The summed E-state index contributed by atoms with van der Waals surface area (Å²) in [6.45, 7) is 4.10. The molecule has 6 nitrogen and oxygen atoms in total. The fourth-order valence-corrected chi connectivity index (χ4v) is 4.85. The summed E-state index contributed by atoms with van der Waals surface area (Å²) >= 11 is 0. The van der Waals surface area contributed by atoms with Gasteiger partial charge in [0.1, 0.15) is 5.76 Å². The molecule has 2 saturated heterocycles. The van der Waals surface area contributed by atoms with Gasteiger partial charge in [0, 0.05) is 19.1 Å². The van der Waals surface area contributed by atoms with Crippen LogP contribution >= 0.6 is 0 Å². The lowest BCUT2D eigenvalue weighted by atomic mass is 9.89. The molecule has 1 N–H and O–H groups in total. The molecule has 9 heteroatoms. The number of benzene rings is 1. The van der Waals surface area contributed by atoms with Gasteiger partial charge < -0.3 is 14.6 Å². The zero-order chi connectivity index (χ0) is 23.6. The molecule has 1 aromatic carbocycles. The molecule has 0 spiro atoms. The molecule has 1 atom stereocenters. The quantitative estimate of drug-likeness (QED) is 0.732. The van der Waals surface area contributed by atoms with Gasteiger partial charge in [-0.25, -0.2) is 0 Å². The average molecular weight is 464 g/mol. The lowest BCUT2D eigenvalue weighted by Crippen LogP contribution is -2.44. The number of halogens is 3. The number of hydrogen-bond acceptors (Lipinski definition) is 4. The standard InChI is InChI=1S/C24H28F3N3O3/c1-16-13-20(22(33-16)24(25,26)27)23(32)28-14-21(31)30-12-9-19(15-30)29-10-7-18(8-11-29)17-5-3-2-4-6-17/h2-6,13,18-19H,7-12,14-15H2,1H3,(H,28,32). The number of nitrogens with zero attached hydrogens (tertiary/aromatic N) is 2. The number of likely N-dealkylation sites (tertiary alicyclic amines) is 2. The zero-order valence-electron chi connectivity index (χ0n) is 18.5. The molecule has 1 aromatic heterocycles. The second-order valence-electron chi connectivity index (χ2n) is 8.78. The van der Waals surface area contributed by atoms with Crippen molar-refractivity contribution < 1.29 is 27.2 Å². The summed E-state index contributed by atoms with van der Waals surface area (Å²) in [4.78, 5) is 28.9. The molecule has 3 heterocycles. The lowest BCUT2D eigenvalue weighted by molar-refractivity contribution is -0.153. The molecule has 2 aliphatic rings. The molecule has 0 aliphatic carbocycles. The van der Waals surface area contributed by atoms with Gasteiger partial charge in [-0.05, 0) is 56.8 Å². The van der Waals surface area contributed by atoms with Crippen LogP contribution in [0.4, 0.5) is 13.2 Å². The Kier molecular flexibility index (Phi) is 6.78. The Balaban J connectivity index is 1.25. The summed E-state index contributed by atoms with van der Waals surface area (Å²) in [6.07, 6.45) is -1.76. The van der Waals surface area contributed by atoms with Crippen molar-refractivity contribution in [2.75, 3.05) is 32.7 Å². The first-order chi connectivity index (χ1) is 15.7. The van der Waals surface area contributed by atoms with Crippen LogP contribution in [0, 0.1) is 6.92 Å². The smallest absolute Gasteiger partial charge is 0.450 e. The van der Waals surface area contributed by atoms with Crippen molar-refractivity contribution in [3.05, 3.63) is 59.0 Å². The summed E-state index contributed by atoms with van der Waals surface area (Å²) in [7, 11) is 0. The first kappa shape index (κ1) is 23.4. The number of carbonyl (C=O) groups is 2. The number of alkyl halides is 3. The molecule has 2 amide bonds. The summed E-state index contributed by atoms with van der Waals surface area (Å²) in [5.74, 6) is -2.06. The third-order valence-electron chi connectivity index (χ3n) is 6.59. The Labute approximate surface area is 190 Å². The van der Waals surface area contributed by atoms with E-state index in [0.29, 0.717) is 19.0 Å². The van der Waals surface area contributed by atoms with Crippen LogP contribution in [0.2, 0.25) is 0 Å². The van der Waals surface area contributed by atoms with Crippen LogP contribution in [0.5, 0.6) is 0 Å². The number of piperidine rings is 1. The van der Waals surface area contributed by atoms with E-state index in [9.17, 15) is 22.8 Å². The third kappa shape index (κ3) is 5.40. The van der Waals surface area contributed by atoms with Crippen molar-refractivity contribution in [1.82, 2.24) is 15.1 Å². The Hall–Kier alpha value is -2.81. The molecule has 2 aliphatic heterocycles. The van der Waals surface area contributed by atoms with Crippen LogP contribution in [-0.4, -0.2) is 60.4 Å². The van der Waals surface area contributed by atoms with Gasteiger partial charge in [0.05, 0.1) is 12.1 Å². The second-order valence-corrected chi connectivity index (χ2v) is 8.78. The largest absolute Gasteiger partial charge is 0.456 e. The maximum atomic E-state index is 13.1. The molecule has 0 saturated carbocycles. The van der Waals surface area contributed by atoms with E-state index in [2.05, 4.69) is 38.9 Å². The van der Waals surface area contributed by atoms with Gasteiger partial charge in [-0.15, -0.1) is 0 Å². The van der Waals surface area contributed by atoms with Crippen LogP contribution in [0.25, 0.3) is 0 Å². The van der Waals surface area contributed by atoms with Crippen molar-refractivity contribution >= 4 is 11.8 Å². The summed E-state index contributed by atoms with van der Waals surface area (Å²) in [6, 6.07) is 11.8. The Morgan fingerprint density at radius 3 is 2.45 bits per heavy atom. The highest BCUT2D eigenvalue weighted by Gasteiger charge is 2.40. The summed E-state index contributed by atoms with van der Waals surface area (Å²) in [5.41, 5.74) is 0.769. The number of amides is 2. The molecule has 1 unspecified atom stereocenters. The zero-order valence-corrected chi connectivity index (χ0v) is 18.5. The van der Waals surface area contributed by atoms with Crippen molar-refractivity contribution in [3.8, 4) is 0 Å². The number of nitrogens with one attached hydrogen (secondary N) is 1. The number of aryl methyl sites for hydroxylation is 1. The predicted octanol–water partition coefficient (Wildman–Crippen LogP) is 3.82. The topological polar surface area (TPSA) is 65.8 Å². The Morgan fingerprint density at radius 2 is 1.79 bits per heavy atom. The maximum Gasteiger partial charge on any atom is 0.450 e.